The van der Waals surface area contributed by atoms with Gasteiger partial charge in [0.15, 0.2) is 0 Å². The standard InChI is InChI=1S/C26H50O.C2H6.CH4/c1-8-15-26(7)23(19(2)14-17-27)12-13-24(26)21(4)18-20(3)22-11-9-10-16-25(22,5)6;1-2;/h19-24,27H,8-18H2,1-7H3;1-2H3;1H4/t19-,20+,21?,22?,23?,24?,26?;;/m1../s1. The van der Waals surface area contributed by atoms with Gasteiger partial charge in [0.05, 0.1) is 0 Å². The number of hydrogen-bond donors (Lipinski definition) is 1. The predicted molar refractivity (Wildman–Crippen MR) is 137 cm³/mol. The zero-order valence-electron chi connectivity index (χ0n) is 21.7. The molecule has 0 aliphatic heterocycles. The van der Waals surface area contributed by atoms with Crippen LogP contribution in [0.4, 0.5) is 0 Å². The Kier molecular flexibility index (Phi) is 13.5. The normalized spacial score (nSPS) is 33.6. The van der Waals surface area contributed by atoms with E-state index in [9.17, 15) is 5.11 Å². The van der Waals surface area contributed by atoms with Gasteiger partial charge in [0, 0.05) is 6.61 Å². The van der Waals surface area contributed by atoms with Crippen LogP contribution >= 0.6 is 0 Å². The monoisotopic (exact) mass is 424 g/mol. The molecule has 0 aromatic carbocycles. The Hall–Kier alpha value is -0.0400. The van der Waals surface area contributed by atoms with Gasteiger partial charge in [-0.1, -0.05) is 89.0 Å². The van der Waals surface area contributed by atoms with Crippen LogP contribution in [0.25, 0.3) is 0 Å². The van der Waals surface area contributed by atoms with Crippen molar-refractivity contribution in [2.24, 2.45) is 46.3 Å². The summed E-state index contributed by atoms with van der Waals surface area (Å²) in [6, 6.07) is 0. The largest absolute Gasteiger partial charge is 0.396 e. The fourth-order valence-corrected chi connectivity index (χ4v) is 7.97. The van der Waals surface area contributed by atoms with E-state index in [2.05, 4.69) is 48.5 Å². The fraction of sp³-hybridized carbons (Fsp3) is 1.00. The van der Waals surface area contributed by atoms with Crippen molar-refractivity contribution in [2.45, 2.75) is 134 Å². The lowest BCUT2D eigenvalue weighted by molar-refractivity contribution is 0.0363. The van der Waals surface area contributed by atoms with Gasteiger partial charge in [-0.2, -0.15) is 0 Å². The summed E-state index contributed by atoms with van der Waals surface area (Å²) in [5.74, 6) is 4.95. The molecule has 2 rings (SSSR count). The van der Waals surface area contributed by atoms with Gasteiger partial charge >= 0.3 is 0 Å². The quantitative estimate of drug-likeness (QED) is 0.391. The molecule has 1 nitrogen and oxygen atoms in total. The zero-order chi connectivity index (χ0) is 22.2. The first-order chi connectivity index (χ1) is 13.7. The Morgan fingerprint density at radius 2 is 1.37 bits per heavy atom. The van der Waals surface area contributed by atoms with E-state index >= 15 is 0 Å². The molecule has 1 heteroatoms. The second-order valence-electron chi connectivity index (χ2n) is 11.6. The summed E-state index contributed by atoms with van der Waals surface area (Å²) in [7, 11) is 0. The smallest absolute Gasteiger partial charge is 0.0433 e. The van der Waals surface area contributed by atoms with E-state index in [1.165, 1.54) is 57.8 Å². The Labute approximate surface area is 192 Å². The molecular formula is C29H60O. The summed E-state index contributed by atoms with van der Waals surface area (Å²) in [5, 5.41) is 9.48. The van der Waals surface area contributed by atoms with Crippen LogP contribution in [0.15, 0.2) is 0 Å². The summed E-state index contributed by atoms with van der Waals surface area (Å²) in [4.78, 5) is 0. The van der Waals surface area contributed by atoms with E-state index in [1.807, 2.05) is 13.8 Å². The third kappa shape index (κ3) is 6.98. The highest BCUT2D eigenvalue weighted by Crippen LogP contribution is 2.58. The SMILES string of the molecule is C.CC.CCCC1(C)C(C(C)C[C@H](C)C2CCCCC2(C)C)CCC1[C@H](C)CCO. The van der Waals surface area contributed by atoms with Gasteiger partial charge in [0.25, 0.3) is 0 Å². The zero-order valence-corrected chi connectivity index (χ0v) is 21.7. The van der Waals surface area contributed by atoms with Crippen molar-refractivity contribution >= 4 is 0 Å². The second kappa shape index (κ2) is 13.5. The third-order valence-electron chi connectivity index (χ3n) is 9.25. The van der Waals surface area contributed by atoms with Crippen molar-refractivity contribution in [3.8, 4) is 0 Å². The van der Waals surface area contributed by atoms with Crippen molar-refractivity contribution < 1.29 is 5.11 Å². The minimum Gasteiger partial charge on any atom is -0.396 e. The molecule has 182 valence electrons. The maximum atomic E-state index is 9.48. The van der Waals surface area contributed by atoms with Gasteiger partial charge < -0.3 is 5.11 Å². The van der Waals surface area contributed by atoms with Crippen LogP contribution in [0.2, 0.25) is 0 Å². The molecule has 2 aliphatic carbocycles. The van der Waals surface area contributed by atoms with Gasteiger partial charge in [-0.05, 0) is 91.3 Å². The maximum Gasteiger partial charge on any atom is 0.0433 e. The molecule has 0 bridgehead atoms. The molecule has 7 atom stereocenters. The first-order valence-corrected chi connectivity index (χ1v) is 13.3. The number of aliphatic hydroxyl groups is 1. The molecule has 0 amide bonds. The number of hydrogen-bond acceptors (Lipinski definition) is 1. The van der Waals surface area contributed by atoms with Crippen molar-refractivity contribution in [2.75, 3.05) is 6.61 Å². The van der Waals surface area contributed by atoms with Gasteiger partial charge in [-0.25, -0.2) is 0 Å². The Morgan fingerprint density at radius 1 is 0.833 bits per heavy atom. The molecule has 1 N–H and O–H groups in total. The highest BCUT2D eigenvalue weighted by atomic mass is 16.3. The predicted octanol–water partition coefficient (Wildman–Crippen LogP) is 9.38. The first-order valence-electron chi connectivity index (χ1n) is 13.3. The molecule has 0 radical (unpaired) electrons. The highest BCUT2D eigenvalue weighted by Gasteiger charge is 2.49. The Morgan fingerprint density at radius 3 is 1.87 bits per heavy atom. The fourth-order valence-electron chi connectivity index (χ4n) is 7.97. The van der Waals surface area contributed by atoms with Crippen LogP contribution in [-0.2, 0) is 0 Å². The summed E-state index contributed by atoms with van der Waals surface area (Å²) < 4.78 is 0. The lowest BCUT2D eigenvalue weighted by Gasteiger charge is -2.46. The molecule has 0 aromatic rings. The molecule has 5 unspecified atom stereocenters. The van der Waals surface area contributed by atoms with E-state index in [4.69, 9.17) is 0 Å². The van der Waals surface area contributed by atoms with Gasteiger partial charge in [-0.15, -0.1) is 0 Å². The van der Waals surface area contributed by atoms with E-state index in [1.54, 1.807) is 0 Å². The molecule has 0 heterocycles. The van der Waals surface area contributed by atoms with Gasteiger partial charge in [0.2, 0.25) is 0 Å². The lowest BCUT2D eigenvalue weighted by atomic mass is 9.60. The number of aliphatic hydroxyl groups excluding tert-OH is 1. The molecule has 30 heavy (non-hydrogen) atoms. The summed E-state index contributed by atoms with van der Waals surface area (Å²) in [6.07, 6.45) is 13.6. The van der Waals surface area contributed by atoms with Gasteiger partial charge in [-0.3, -0.25) is 0 Å². The molecule has 2 aliphatic rings. The minimum absolute atomic E-state index is 0. The van der Waals surface area contributed by atoms with Crippen molar-refractivity contribution in [1.82, 2.24) is 0 Å². The lowest BCUT2D eigenvalue weighted by Crippen LogP contribution is -2.37. The average Bonchev–Trinajstić information content (AvgIpc) is 3.00. The molecule has 0 aromatic heterocycles. The summed E-state index contributed by atoms with van der Waals surface area (Å²) in [6.45, 7) is 21.9. The van der Waals surface area contributed by atoms with Gasteiger partial charge in [0.1, 0.15) is 0 Å². The Balaban J connectivity index is 0.00000272. The van der Waals surface area contributed by atoms with E-state index in [0.717, 1.165) is 36.0 Å². The molecular weight excluding hydrogens is 364 g/mol. The van der Waals surface area contributed by atoms with Crippen molar-refractivity contribution in [1.29, 1.82) is 0 Å². The molecule has 0 saturated heterocycles. The number of rotatable bonds is 9. The Bertz CT molecular complexity index is 442. The van der Waals surface area contributed by atoms with Crippen LogP contribution in [0.5, 0.6) is 0 Å². The van der Waals surface area contributed by atoms with Crippen LogP contribution in [0.3, 0.4) is 0 Å². The second-order valence-corrected chi connectivity index (χ2v) is 11.6. The van der Waals surface area contributed by atoms with Crippen LogP contribution in [0.1, 0.15) is 134 Å². The third-order valence-corrected chi connectivity index (χ3v) is 9.25. The van der Waals surface area contributed by atoms with E-state index < -0.39 is 0 Å². The molecule has 2 saturated carbocycles. The summed E-state index contributed by atoms with van der Waals surface area (Å²) >= 11 is 0. The average molecular weight is 425 g/mol. The summed E-state index contributed by atoms with van der Waals surface area (Å²) in [5.41, 5.74) is 1.02. The maximum absolute atomic E-state index is 9.48. The molecule has 0 spiro atoms. The van der Waals surface area contributed by atoms with Crippen molar-refractivity contribution in [3.05, 3.63) is 0 Å². The highest BCUT2D eigenvalue weighted by molar-refractivity contribution is 4.99. The molecule has 2 fully saturated rings. The first kappa shape index (κ1) is 30.0. The van der Waals surface area contributed by atoms with E-state index in [0.29, 0.717) is 23.4 Å². The minimum atomic E-state index is 0. The van der Waals surface area contributed by atoms with E-state index in [-0.39, 0.29) is 7.43 Å². The topological polar surface area (TPSA) is 20.2 Å². The van der Waals surface area contributed by atoms with Crippen LogP contribution in [0, 0.1) is 46.3 Å². The van der Waals surface area contributed by atoms with Crippen LogP contribution < -0.4 is 0 Å². The van der Waals surface area contributed by atoms with Crippen LogP contribution in [-0.4, -0.2) is 11.7 Å². The van der Waals surface area contributed by atoms with Crippen molar-refractivity contribution in [3.63, 3.8) is 0 Å².